The van der Waals surface area contributed by atoms with Crippen LogP contribution in [0, 0.1) is 5.82 Å². The van der Waals surface area contributed by atoms with Gasteiger partial charge in [0.05, 0.1) is 11.8 Å². The molecule has 1 aromatic carbocycles. The minimum Gasteiger partial charge on any atom is -0.325 e. The number of rotatable bonds is 2. The molecule has 1 atom stereocenters. The maximum Gasteiger partial charge on any atom is 0.123 e. The Labute approximate surface area is 81.8 Å². The molecule has 0 spiro atoms. The molecule has 0 radical (unpaired) electrons. The van der Waals surface area contributed by atoms with Crippen LogP contribution in [0.3, 0.4) is 0 Å². The second kappa shape index (κ2) is 3.75. The Kier molecular flexibility index (Phi) is 2.45. The highest BCUT2D eigenvalue weighted by Crippen LogP contribution is 2.21. The summed E-state index contributed by atoms with van der Waals surface area (Å²) in [5, 5.41) is 4.08. The zero-order chi connectivity index (χ0) is 9.97. The summed E-state index contributed by atoms with van der Waals surface area (Å²) in [7, 11) is 0. The van der Waals surface area contributed by atoms with Crippen LogP contribution in [0.15, 0.2) is 29.4 Å². The highest BCUT2D eigenvalue weighted by Gasteiger charge is 2.18. The van der Waals surface area contributed by atoms with Crippen molar-refractivity contribution in [3.05, 3.63) is 35.6 Å². The molecule has 1 aromatic rings. The SMILES string of the molecule is NCC1=NNC(c2ccc(F)cc2)C1. The van der Waals surface area contributed by atoms with Crippen molar-refractivity contribution >= 4 is 5.71 Å². The van der Waals surface area contributed by atoms with E-state index in [1.165, 1.54) is 12.1 Å². The standard InChI is InChI=1S/C10H12FN3/c11-8-3-1-7(2-4-8)10-5-9(6-12)13-14-10/h1-4,10,14H,5-6,12H2. The number of hydrogen-bond acceptors (Lipinski definition) is 3. The summed E-state index contributed by atoms with van der Waals surface area (Å²) in [6.07, 6.45) is 0.808. The molecular weight excluding hydrogens is 181 g/mol. The molecule has 74 valence electrons. The van der Waals surface area contributed by atoms with E-state index in [1.807, 2.05) is 0 Å². The molecule has 0 aromatic heterocycles. The fraction of sp³-hybridized carbons (Fsp3) is 0.300. The van der Waals surface area contributed by atoms with Crippen LogP contribution in [0.2, 0.25) is 0 Å². The Balaban J connectivity index is 2.08. The summed E-state index contributed by atoms with van der Waals surface area (Å²) < 4.78 is 12.6. The summed E-state index contributed by atoms with van der Waals surface area (Å²) in [4.78, 5) is 0. The highest BCUT2D eigenvalue weighted by atomic mass is 19.1. The second-order valence-corrected chi connectivity index (χ2v) is 3.32. The molecule has 1 aliphatic heterocycles. The predicted octanol–water partition coefficient (Wildman–Crippen LogP) is 1.17. The Hall–Kier alpha value is -1.42. The first kappa shape index (κ1) is 9.15. The lowest BCUT2D eigenvalue weighted by molar-refractivity contribution is 0.606. The van der Waals surface area contributed by atoms with Gasteiger partial charge in [0.2, 0.25) is 0 Å². The molecule has 14 heavy (non-hydrogen) atoms. The third kappa shape index (κ3) is 1.75. The quantitative estimate of drug-likeness (QED) is 0.740. The lowest BCUT2D eigenvalue weighted by Crippen LogP contribution is -2.13. The number of benzene rings is 1. The van der Waals surface area contributed by atoms with Crippen molar-refractivity contribution in [3.8, 4) is 0 Å². The van der Waals surface area contributed by atoms with Crippen molar-refractivity contribution < 1.29 is 4.39 Å². The summed E-state index contributed by atoms with van der Waals surface area (Å²) in [5.41, 5.74) is 10.4. The molecular formula is C10H12FN3. The molecule has 1 heterocycles. The lowest BCUT2D eigenvalue weighted by Gasteiger charge is -2.09. The first-order valence-corrected chi connectivity index (χ1v) is 4.56. The molecule has 0 bridgehead atoms. The summed E-state index contributed by atoms with van der Waals surface area (Å²) in [6.45, 7) is 0.477. The maximum atomic E-state index is 12.6. The number of nitrogens with zero attached hydrogens (tertiary/aromatic N) is 1. The highest BCUT2D eigenvalue weighted by molar-refractivity contribution is 5.87. The molecule has 3 nitrogen and oxygen atoms in total. The number of halogens is 1. The Bertz CT molecular complexity index is 345. The van der Waals surface area contributed by atoms with Gasteiger partial charge in [-0.15, -0.1) is 0 Å². The average molecular weight is 193 g/mol. The van der Waals surface area contributed by atoms with E-state index >= 15 is 0 Å². The number of hydrogen-bond donors (Lipinski definition) is 2. The molecule has 1 aliphatic rings. The minimum absolute atomic E-state index is 0.147. The van der Waals surface area contributed by atoms with Gasteiger partial charge < -0.3 is 11.2 Å². The van der Waals surface area contributed by atoms with E-state index in [1.54, 1.807) is 12.1 Å². The normalized spacial score (nSPS) is 20.4. The van der Waals surface area contributed by atoms with E-state index in [0.717, 1.165) is 17.7 Å². The number of hydrazone groups is 1. The molecule has 0 fully saturated rings. The van der Waals surface area contributed by atoms with Crippen LogP contribution in [-0.2, 0) is 0 Å². The zero-order valence-electron chi connectivity index (χ0n) is 7.70. The summed E-state index contributed by atoms with van der Waals surface area (Å²) >= 11 is 0. The molecule has 0 saturated heterocycles. The van der Waals surface area contributed by atoms with Gasteiger partial charge in [-0.3, -0.25) is 0 Å². The first-order chi connectivity index (χ1) is 6.79. The van der Waals surface area contributed by atoms with Gasteiger partial charge in [-0.25, -0.2) is 4.39 Å². The van der Waals surface area contributed by atoms with Gasteiger partial charge >= 0.3 is 0 Å². The Morgan fingerprint density at radius 3 is 2.71 bits per heavy atom. The lowest BCUT2D eigenvalue weighted by atomic mass is 10.0. The van der Waals surface area contributed by atoms with Crippen molar-refractivity contribution in [3.63, 3.8) is 0 Å². The van der Waals surface area contributed by atoms with E-state index in [-0.39, 0.29) is 11.9 Å². The zero-order valence-corrected chi connectivity index (χ0v) is 7.70. The van der Waals surface area contributed by atoms with Crippen LogP contribution in [0.1, 0.15) is 18.0 Å². The van der Waals surface area contributed by atoms with Crippen LogP contribution in [-0.4, -0.2) is 12.3 Å². The number of nitrogens with one attached hydrogen (secondary N) is 1. The van der Waals surface area contributed by atoms with Crippen molar-refractivity contribution in [2.45, 2.75) is 12.5 Å². The van der Waals surface area contributed by atoms with Gasteiger partial charge in [-0.1, -0.05) is 12.1 Å². The van der Waals surface area contributed by atoms with Crippen molar-refractivity contribution in [1.29, 1.82) is 0 Å². The summed E-state index contributed by atoms with van der Waals surface area (Å²) in [5.74, 6) is -0.216. The van der Waals surface area contributed by atoms with Gasteiger partial charge in [-0.2, -0.15) is 5.10 Å². The fourth-order valence-electron chi connectivity index (χ4n) is 1.51. The maximum absolute atomic E-state index is 12.6. The molecule has 0 amide bonds. The smallest absolute Gasteiger partial charge is 0.123 e. The third-order valence-corrected chi connectivity index (χ3v) is 2.33. The van der Waals surface area contributed by atoms with Gasteiger partial charge in [0, 0.05) is 13.0 Å². The van der Waals surface area contributed by atoms with E-state index in [9.17, 15) is 4.39 Å². The Morgan fingerprint density at radius 1 is 1.43 bits per heavy atom. The molecule has 1 unspecified atom stereocenters. The number of nitrogens with two attached hydrogens (primary N) is 1. The minimum atomic E-state index is -0.216. The van der Waals surface area contributed by atoms with Crippen LogP contribution in [0.4, 0.5) is 4.39 Å². The van der Waals surface area contributed by atoms with E-state index in [2.05, 4.69) is 10.5 Å². The van der Waals surface area contributed by atoms with E-state index in [0.29, 0.717) is 6.54 Å². The van der Waals surface area contributed by atoms with Gasteiger partial charge in [0.15, 0.2) is 0 Å². The molecule has 2 rings (SSSR count). The topological polar surface area (TPSA) is 50.4 Å². The van der Waals surface area contributed by atoms with E-state index in [4.69, 9.17) is 5.73 Å². The monoisotopic (exact) mass is 193 g/mol. The van der Waals surface area contributed by atoms with Crippen molar-refractivity contribution in [1.82, 2.24) is 5.43 Å². The van der Waals surface area contributed by atoms with Gasteiger partial charge in [0.1, 0.15) is 5.82 Å². The fourth-order valence-corrected chi connectivity index (χ4v) is 1.51. The molecule has 0 aliphatic carbocycles. The molecule has 3 N–H and O–H groups in total. The van der Waals surface area contributed by atoms with Crippen molar-refractivity contribution in [2.24, 2.45) is 10.8 Å². The van der Waals surface area contributed by atoms with Crippen molar-refractivity contribution in [2.75, 3.05) is 6.54 Å². The average Bonchev–Trinajstić information content (AvgIpc) is 2.67. The second-order valence-electron chi connectivity index (χ2n) is 3.32. The predicted molar refractivity (Wildman–Crippen MR) is 53.4 cm³/mol. The third-order valence-electron chi connectivity index (χ3n) is 2.33. The van der Waals surface area contributed by atoms with Crippen LogP contribution in [0.5, 0.6) is 0 Å². The van der Waals surface area contributed by atoms with Crippen LogP contribution >= 0.6 is 0 Å². The largest absolute Gasteiger partial charge is 0.325 e. The van der Waals surface area contributed by atoms with E-state index < -0.39 is 0 Å². The Morgan fingerprint density at radius 2 is 2.14 bits per heavy atom. The van der Waals surface area contributed by atoms with Crippen LogP contribution < -0.4 is 11.2 Å². The summed E-state index contributed by atoms with van der Waals surface area (Å²) in [6, 6.07) is 6.59. The molecule has 4 heteroatoms. The first-order valence-electron chi connectivity index (χ1n) is 4.56. The van der Waals surface area contributed by atoms with Gasteiger partial charge in [-0.05, 0) is 17.7 Å². The molecule has 0 saturated carbocycles. The van der Waals surface area contributed by atoms with Gasteiger partial charge in [0.25, 0.3) is 0 Å². The van der Waals surface area contributed by atoms with Crippen LogP contribution in [0.25, 0.3) is 0 Å².